The summed E-state index contributed by atoms with van der Waals surface area (Å²) in [6.07, 6.45) is 2.21. The van der Waals surface area contributed by atoms with Crippen molar-refractivity contribution in [2.24, 2.45) is 0 Å². The van der Waals surface area contributed by atoms with Gasteiger partial charge in [0.2, 0.25) is 11.8 Å². The van der Waals surface area contributed by atoms with E-state index in [9.17, 15) is 14.7 Å². The zero-order chi connectivity index (χ0) is 21.4. The number of carbonyl (C=O) groups excluding carboxylic acids is 2. The van der Waals surface area contributed by atoms with Gasteiger partial charge < -0.3 is 15.3 Å². The maximum absolute atomic E-state index is 13.1. The summed E-state index contributed by atoms with van der Waals surface area (Å²) in [5.74, 6) is 0.0419. The molecule has 2 N–H and O–H groups in total. The first-order valence-corrected chi connectivity index (χ1v) is 10.5. The maximum Gasteiger partial charge on any atom is 0.246 e. The number of nitrogens with one attached hydrogen (secondary N) is 1. The van der Waals surface area contributed by atoms with Crippen molar-refractivity contribution in [3.8, 4) is 5.75 Å². The molecular formula is C24H24N4O3. The lowest BCUT2D eigenvalue weighted by molar-refractivity contribution is -0.153. The minimum absolute atomic E-state index is 0.0355. The van der Waals surface area contributed by atoms with Gasteiger partial charge in [0.1, 0.15) is 17.8 Å². The van der Waals surface area contributed by atoms with E-state index in [2.05, 4.69) is 27.3 Å². The largest absolute Gasteiger partial charge is 0.508 e. The zero-order valence-corrected chi connectivity index (χ0v) is 17.1. The monoisotopic (exact) mass is 416 g/mol. The van der Waals surface area contributed by atoms with Crippen LogP contribution in [-0.2, 0) is 22.6 Å². The number of pyridine rings is 1. The Morgan fingerprint density at radius 1 is 1.03 bits per heavy atom. The summed E-state index contributed by atoms with van der Waals surface area (Å²) in [6, 6.07) is 15.8. The summed E-state index contributed by atoms with van der Waals surface area (Å²) in [5.41, 5.74) is 3.03. The van der Waals surface area contributed by atoms with Crippen LogP contribution in [0.5, 0.6) is 5.75 Å². The number of piperazine rings is 2. The predicted molar refractivity (Wildman–Crippen MR) is 116 cm³/mol. The highest BCUT2D eigenvalue weighted by Crippen LogP contribution is 2.23. The molecule has 0 saturated carbocycles. The molecule has 3 aromatic rings. The SMILES string of the molecule is O=C1N[C@H](Cc2ccc(O)cc2)C(=O)N2CCN(Cc3cccc4ncccc34)C[C@H]12. The second-order valence-electron chi connectivity index (χ2n) is 8.20. The van der Waals surface area contributed by atoms with Crippen LogP contribution in [0.15, 0.2) is 60.8 Å². The summed E-state index contributed by atoms with van der Waals surface area (Å²) in [6.45, 7) is 2.48. The van der Waals surface area contributed by atoms with Gasteiger partial charge in [-0.15, -0.1) is 0 Å². The number of fused-ring (bicyclic) bond motifs is 2. The van der Waals surface area contributed by atoms with Crippen LogP contribution >= 0.6 is 0 Å². The van der Waals surface area contributed by atoms with Crippen LogP contribution in [0.3, 0.4) is 0 Å². The Hall–Kier alpha value is -3.45. The number of rotatable bonds is 4. The van der Waals surface area contributed by atoms with Gasteiger partial charge in [0.05, 0.1) is 5.52 Å². The Bertz CT molecular complexity index is 1130. The molecular weight excluding hydrogens is 392 g/mol. The third-order valence-electron chi connectivity index (χ3n) is 6.17. The Labute approximate surface area is 180 Å². The van der Waals surface area contributed by atoms with Crippen molar-refractivity contribution in [1.29, 1.82) is 0 Å². The summed E-state index contributed by atoms with van der Waals surface area (Å²) in [5, 5.41) is 13.5. The third-order valence-corrected chi connectivity index (χ3v) is 6.17. The molecule has 2 atom stereocenters. The summed E-state index contributed by atoms with van der Waals surface area (Å²) in [4.78, 5) is 34.3. The Morgan fingerprint density at radius 3 is 2.71 bits per heavy atom. The van der Waals surface area contributed by atoms with Crippen LogP contribution in [0.25, 0.3) is 10.9 Å². The van der Waals surface area contributed by atoms with Crippen LogP contribution in [0.2, 0.25) is 0 Å². The molecule has 2 saturated heterocycles. The van der Waals surface area contributed by atoms with E-state index >= 15 is 0 Å². The van der Waals surface area contributed by atoms with E-state index in [1.54, 1.807) is 35.4 Å². The number of phenolic OH excluding ortho intramolecular Hbond substituents is 1. The smallest absolute Gasteiger partial charge is 0.246 e. The zero-order valence-electron chi connectivity index (χ0n) is 17.1. The highest BCUT2D eigenvalue weighted by molar-refractivity contribution is 5.97. The van der Waals surface area contributed by atoms with E-state index in [0.29, 0.717) is 26.1 Å². The minimum Gasteiger partial charge on any atom is -0.508 e. The molecule has 5 rings (SSSR count). The highest BCUT2D eigenvalue weighted by Gasteiger charge is 2.43. The molecule has 1 aromatic heterocycles. The molecule has 2 aromatic carbocycles. The standard InChI is InChI=1S/C24H24N4O3/c29-18-8-6-16(7-9-18)13-21-24(31)28-12-11-27(15-22(28)23(30)26-21)14-17-3-1-5-20-19(17)4-2-10-25-20/h1-10,21-22,29H,11-15H2,(H,26,30)/t21-,22-/m1/s1. The fourth-order valence-electron chi connectivity index (χ4n) is 4.55. The number of hydrogen-bond acceptors (Lipinski definition) is 5. The second-order valence-corrected chi connectivity index (χ2v) is 8.20. The van der Waals surface area contributed by atoms with Crippen molar-refractivity contribution in [1.82, 2.24) is 20.1 Å². The van der Waals surface area contributed by atoms with Gasteiger partial charge >= 0.3 is 0 Å². The van der Waals surface area contributed by atoms with Crippen molar-refractivity contribution in [2.75, 3.05) is 19.6 Å². The van der Waals surface area contributed by atoms with Crippen LogP contribution in [-0.4, -0.2) is 63.4 Å². The normalized spacial score (nSPS) is 21.7. The molecule has 2 aliphatic heterocycles. The van der Waals surface area contributed by atoms with E-state index in [0.717, 1.165) is 23.0 Å². The molecule has 0 radical (unpaired) electrons. The molecule has 0 aliphatic carbocycles. The number of amides is 2. The quantitative estimate of drug-likeness (QED) is 0.676. The van der Waals surface area contributed by atoms with Crippen LogP contribution in [0, 0.1) is 0 Å². The van der Waals surface area contributed by atoms with Gasteiger partial charge in [-0.05, 0) is 35.4 Å². The van der Waals surface area contributed by atoms with Gasteiger partial charge in [-0.3, -0.25) is 19.5 Å². The van der Waals surface area contributed by atoms with Gasteiger partial charge in [0.15, 0.2) is 0 Å². The van der Waals surface area contributed by atoms with Crippen LogP contribution in [0.1, 0.15) is 11.1 Å². The molecule has 0 spiro atoms. The van der Waals surface area contributed by atoms with E-state index in [4.69, 9.17) is 0 Å². The average molecular weight is 416 g/mol. The van der Waals surface area contributed by atoms with Crippen molar-refractivity contribution >= 4 is 22.7 Å². The van der Waals surface area contributed by atoms with Gasteiger partial charge in [0.25, 0.3) is 0 Å². The first-order valence-electron chi connectivity index (χ1n) is 10.5. The first kappa shape index (κ1) is 19.5. The fourth-order valence-corrected chi connectivity index (χ4v) is 4.55. The van der Waals surface area contributed by atoms with Gasteiger partial charge in [0, 0.05) is 44.2 Å². The van der Waals surface area contributed by atoms with Crippen molar-refractivity contribution in [2.45, 2.75) is 25.0 Å². The number of nitrogens with zero attached hydrogens (tertiary/aromatic N) is 3. The molecule has 2 amide bonds. The number of aromatic nitrogens is 1. The van der Waals surface area contributed by atoms with Crippen LogP contribution < -0.4 is 5.32 Å². The number of benzene rings is 2. The van der Waals surface area contributed by atoms with E-state index in [1.165, 1.54) is 5.56 Å². The van der Waals surface area contributed by atoms with E-state index < -0.39 is 12.1 Å². The molecule has 158 valence electrons. The van der Waals surface area contributed by atoms with E-state index in [1.807, 2.05) is 18.2 Å². The fraction of sp³-hybridized carbons (Fsp3) is 0.292. The summed E-state index contributed by atoms with van der Waals surface area (Å²) in [7, 11) is 0. The molecule has 2 fully saturated rings. The minimum atomic E-state index is -0.566. The van der Waals surface area contributed by atoms with Crippen molar-refractivity contribution in [3.63, 3.8) is 0 Å². The lowest BCUT2D eigenvalue weighted by atomic mass is 9.98. The molecule has 0 unspecified atom stereocenters. The predicted octanol–water partition coefficient (Wildman–Crippen LogP) is 1.69. The average Bonchev–Trinajstić information content (AvgIpc) is 2.79. The van der Waals surface area contributed by atoms with Gasteiger partial charge in [-0.25, -0.2) is 0 Å². The summed E-state index contributed by atoms with van der Waals surface area (Å²) < 4.78 is 0. The topological polar surface area (TPSA) is 85.8 Å². The Kier molecular flexibility index (Phi) is 5.03. The van der Waals surface area contributed by atoms with Crippen LogP contribution in [0.4, 0.5) is 0 Å². The van der Waals surface area contributed by atoms with Gasteiger partial charge in [-0.2, -0.15) is 0 Å². The maximum atomic E-state index is 13.1. The number of aromatic hydroxyl groups is 1. The molecule has 7 nitrogen and oxygen atoms in total. The Morgan fingerprint density at radius 2 is 1.87 bits per heavy atom. The highest BCUT2D eigenvalue weighted by atomic mass is 16.3. The number of hydrogen-bond donors (Lipinski definition) is 2. The molecule has 31 heavy (non-hydrogen) atoms. The summed E-state index contributed by atoms with van der Waals surface area (Å²) >= 11 is 0. The second kappa shape index (κ2) is 8.00. The molecule has 0 bridgehead atoms. The Balaban J connectivity index is 1.28. The van der Waals surface area contributed by atoms with Crippen molar-refractivity contribution < 1.29 is 14.7 Å². The first-order chi connectivity index (χ1) is 15.1. The number of carbonyl (C=O) groups is 2. The molecule has 7 heteroatoms. The lowest BCUT2D eigenvalue weighted by Gasteiger charge is -2.45. The van der Waals surface area contributed by atoms with Gasteiger partial charge in [-0.1, -0.05) is 30.3 Å². The number of phenols is 1. The lowest BCUT2D eigenvalue weighted by Crippen LogP contribution is -2.69. The van der Waals surface area contributed by atoms with E-state index in [-0.39, 0.29) is 17.6 Å². The molecule has 2 aliphatic rings. The molecule has 3 heterocycles. The van der Waals surface area contributed by atoms with Crippen molar-refractivity contribution in [3.05, 3.63) is 71.9 Å². The third kappa shape index (κ3) is 3.84.